The first-order valence-electron chi connectivity index (χ1n) is 16.3. The smallest absolute Gasteiger partial charge is 0.313 e. The van der Waals surface area contributed by atoms with Crippen molar-refractivity contribution in [2.75, 3.05) is 55.9 Å². The van der Waals surface area contributed by atoms with Gasteiger partial charge in [0.25, 0.3) is 0 Å². The summed E-state index contributed by atoms with van der Waals surface area (Å²) in [6.45, 7) is 16.0. The molecule has 1 aromatic heterocycles. The van der Waals surface area contributed by atoms with E-state index in [0.29, 0.717) is 13.0 Å². The minimum atomic E-state index is -0.575. The number of hydrogen-bond donors (Lipinski definition) is 0. The van der Waals surface area contributed by atoms with Gasteiger partial charge in [0.1, 0.15) is 5.75 Å². The van der Waals surface area contributed by atoms with E-state index in [1.165, 1.54) is 15.8 Å². The highest BCUT2D eigenvalue weighted by molar-refractivity contribution is 7.17. The first-order valence-corrected chi connectivity index (χ1v) is 17.2. The number of thiophene rings is 1. The van der Waals surface area contributed by atoms with Crippen LogP contribution in [0.25, 0.3) is 10.1 Å². The Kier molecular flexibility index (Phi) is 10.2. The maximum Gasteiger partial charge on any atom is 0.313 e. The molecule has 238 valence electrons. The number of piperazine rings is 1. The normalized spacial score (nSPS) is 17.2. The minimum absolute atomic E-state index is 0.0362. The Balaban J connectivity index is 1.11. The molecule has 8 heteroatoms. The van der Waals surface area contributed by atoms with Gasteiger partial charge in [0.05, 0.1) is 17.7 Å². The van der Waals surface area contributed by atoms with E-state index in [0.717, 1.165) is 81.8 Å². The number of benzene rings is 2. The first kappa shape index (κ1) is 32.3. The Bertz CT molecular complexity index is 1440. The highest BCUT2D eigenvalue weighted by Crippen LogP contribution is 2.42. The van der Waals surface area contributed by atoms with E-state index in [1.54, 1.807) is 4.90 Å². The van der Waals surface area contributed by atoms with Crippen LogP contribution in [0.3, 0.4) is 0 Å². The van der Waals surface area contributed by atoms with Crippen molar-refractivity contribution in [3.63, 3.8) is 0 Å². The van der Waals surface area contributed by atoms with E-state index in [9.17, 15) is 9.59 Å². The fourth-order valence-corrected chi connectivity index (χ4v) is 7.18. The lowest BCUT2D eigenvalue weighted by Crippen LogP contribution is -2.46. The molecule has 7 nitrogen and oxygen atoms in total. The van der Waals surface area contributed by atoms with Crippen LogP contribution < -0.4 is 14.5 Å². The summed E-state index contributed by atoms with van der Waals surface area (Å²) in [7, 11) is 0. The van der Waals surface area contributed by atoms with Gasteiger partial charge >= 0.3 is 5.97 Å². The molecule has 1 amide bonds. The second kappa shape index (κ2) is 13.9. The Hall–Kier alpha value is -3.10. The number of unbranched alkanes of at least 4 members (excludes halogenated alkanes) is 2. The van der Waals surface area contributed by atoms with Crippen molar-refractivity contribution in [2.45, 2.75) is 78.6 Å². The fraction of sp³-hybridized carbons (Fsp3) is 0.556. The van der Waals surface area contributed by atoms with E-state index >= 15 is 0 Å². The number of carbonyl (C=O) groups excluding carboxylic acids is 2. The molecule has 1 saturated heterocycles. The van der Waals surface area contributed by atoms with Crippen molar-refractivity contribution in [1.29, 1.82) is 0 Å². The molecule has 0 aliphatic carbocycles. The van der Waals surface area contributed by atoms with Crippen molar-refractivity contribution in [2.24, 2.45) is 5.41 Å². The number of anilines is 2. The van der Waals surface area contributed by atoms with Gasteiger partial charge in [-0.1, -0.05) is 45.7 Å². The Morgan fingerprint density at radius 2 is 1.80 bits per heavy atom. The molecule has 0 spiro atoms. The zero-order valence-corrected chi connectivity index (χ0v) is 28.0. The lowest BCUT2D eigenvalue weighted by molar-refractivity contribution is -0.154. The molecule has 2 aromatic carbocycles. The van der Waals surface area contributed by atoms with E-state index in [4.69, 9.17) is 9.47 Å². The van der Waals surface area contributed by atoms with Crippen molar-refractivity contribution >= 4 is 44.7 Å². The third kappa shape index (κ3) is 7.40. The summed E-state index contributed by atoms with van der Waals surface area (Å²) in [6, 6.07) is 14.9. The number of fused-ring (bicyclic) bond motifs is 2. The Morgan fingerprint density at radius 3 is 2.57 bits per heavy atom. The number of nitrogens with zero attached hydrogens (tertiary/aromatic N) is 3. The quantitative estimate of drug-likeness (QED) is 0.145. The maximum atomic E-state index is 13.2. The summed E-state index contributed by atoms with van der Waals surface area (Å²) in [5.74, 6) is 0.440. The number of carbonyl (C=O) groups is 2. The highest BCUT2D eigenvalue weighted by atomic mass is 32.1. The van der Waals surface area contributed by atoms with Crippen LogP contribution in [0.15, 0.2) is 47.8 Å². The molecule has 3 aromatic rings. The average molecular weight is 620 g/mol. The summed E-state index contributed by atoms with van der Waals surface area (Å²) >= 11 is 1.81. The summed E-state index contributed by atoms with van der Waals surface area (Å²) < 4.78 is 13.2. The zero-order chi connectivity index (χ0) is 31.3. The van der Waals surface area contributed by atoms with Crippen LogP contribution in [0.4, 0.5) is 11.4 Å². The van der Waals surface area contributed by atoms with Crippen LogP contribution in [0.1, 0.15) is 78.7 Å². The van der Waals surface area contributed by atoms with Crippen molar-refractivity contribution in [1.82, 2.24) is 4.90 Å². The molecule has 3 heterocycles. The van der Waals surface area contributed by atoms with Crippen LogP contribution in [0.2, 0.25) is 0 Å². The van der Waals surface area contributed by atoms with Crippen molar-refractivity contribution < 1.29 is 19.1 Å². The average Bonchev–Trinajstić information content (AvgIpc) is 3.49. The molecule has 0 N–H and O–H groups in total. The lowest BCUT2D eigenvalue weighted by Gasteiger charge is -2.38. The monoisotopic (exact) mass is 619 g/mol. The van der Waals surface area contributed by atoms with E-state index in [1.807, 2.05) is 37.3 Å². The molecule has 0 unspecified atom stereocenters. The van der Waals surface area contributed by atoms with Gasteiger partial charge in [-0.25, -0.2) is 0 Å². The molecule has 44 heavy (non-hydrogen) atoms. The summed E-state index contributed by atoms with van der Waals surface area (Å²) in [6.07, 6.45) is 5.16. The molecule has 2 aliphatic heterocycles. The molecule has 0 atom stereocenters. The number of ether oxygens (including phenoxy) is 2. The highest BCUT2D eigenvalue weighted by Gasteiger charge is 2.38. The van der Waals surface area contributed by atoms with Gasteiger partial charge in [0.15, 0.2) is 6.73 Å². The van der Waals surface area contributed by atoms with E-state index in [2.05, 4.69) is 66.3 Å². The largest absolute Gasteiger partial charge is 0.494 e. The fourth-order valence-electron chi connectivity index (χ4n) is 6.37. The van der Waals surface area contributed by atoms with Crippen molar-refractivity contribution in [3.8, 4) is 5.75 Å². The van der Waals surface area contributed by atoms with Gasteiger partial charge in [-0.3, -0.25) is 19.4 Å². The summed E-state index contributed by atoms with van der Waals surface area (Å²) in [5, 5.41) is 3.55. The zero-order valence-electron chi connectivity index (χ0n) is 27.2. The SMILES string of the molecule is CCCCC(C)(C)C(=O)OCN1C(=O)CC(C)(C)c2ccc(OCCCCN3CCN(c4cccc5sccc45)CC3)cc21. The number of esters is 1. The molecule has 2 aliphatic rings. The Morgan fingerprint density at radius 1 is 1.00 bits per heavy atom. The third-order valence-electron chi connectivity index (χ3n) is 9.24. The van der Waals surface area contributed by atoms with Crippen molar-refractivity contribution in [3.05, 3.63) is 53.4 Å². The first-order chi connectivity index (χ1) is 21.1. The number of rotatable bonds is 13. The third-order valence-corrected chi connectivity index (χ3v) is 10.1. The lowest BCUT2D eigenvalue weighted by atomic mass is 9.77. The number of amides is 1. The van der Waals surface area contributed by atoms with Crippen LogP contribution in [-0.4, -0.2) is 62.8 Å². The summed E-state index contributed by atoms with van der Waals surface area (Å²) in [4.78, 5) is 32.8. The van der Waals surface area contributed by atoms with Gasteiger partial charge in [0, 0.05) is 59.9 Å². The van der Waals surface area contributed by atoms with Crippen LogP contribution in [-0.2, 0) is 19.7 Å². The maximum absolute atomic E-state index is 13.2. The predicted octanol–water partition coefficient (Wildman–Crippen LogP) is 7.61. The molecule has 0 saturated carbocycles. The van der Waals surface area contributed by atoms with Gasteiger partial charge < -0.3 is 14.4 Å². The molecule has 0 radical (unpaired) electrons. The molecular weight excluding hydrogens is 570 g/mol. The second-order valence-corrected chi connectivity index (χ2v) is 14.6. The predicted molar refractivity (Wildman–Crippen MR) is 181 cm³/mol. The molecular formula is C36H49N3O4S. The topological polar surface area (TPSA) is 62.3 Å². The standard InChI is InChI=1S/C36H49N3O4S/c1-6-7-16-35(2,3)34(41)43-26-39-31-24-27(13-14-29(31)36(4,5)25-33(39)40)42-22-9-8-17-37-18-20-38(21-19-37)30-11-10-12-32-28(30)15-23-44-32/h10-15,23-24H,6-9,16-22,25-26H2,1-5H3. The summed E-state index contributed by atoms with van der Waals surface area (Å²) in [5.41, 5.74) is 2.33. The van der Waals surface area contributed by atoms with Crippen LogP contribution in [0, 0.1) is 5.41 Å². The van der Waals surface area contributed by atoms with Gasteiger partial charge in [-0.15, -0.1) is 11.3 Å². The van der Waals surface area contributed by atoms with Crippen LogP contribution in [0.5, 0.6) is 5.75 Å². The molecule has 1 fully saturated rings. The number of hydrogen-bond acceptors (Lipinski definition) is 7. The van der Waals surface area contributed by atoms with Gasteiger partial charge in [-0.05, 0) is 74.9 Å². The molecule has 5 rings (SSSR count). The van der Waals surface area contributed by atoms with Crippen LogP contribution >= 0.6 is 11.3 Å². The molecule has 0 bridgehead atoms. The Labute approximate surface area is 267 Å². The van der Waals surface area contributed by atoms with Gasteiger partial charge in [-0.2, -0.15) is 0 Å². The van der Waals surface area contributed by atoms with Gasteiger partial charge in [0.2, 0.25) is 5.91 Å². The second-order valence-electron chi connectivity index (χ2n) is 13.6. The van der Waals surface area contributed by atoms with E-state index < -0.39 is 5.41 Å². The van der Waals surface area contributed by atoms with E-state index in [-0.39, 0.29) is 24.0 Å². The minimum Gasteiger partial charge on any atom is -0.494 e.